The van der Waals surface area contributed by atoms with Gasteiger partial charge in [-0.3, -0.25) is 0 Å². The summed E-state index contributed by atoms with van der Waals surface area (Å²) in [6.45, 7) is -2.18. The molecule has 1 aromatic rings. The molecule has 0 aliphatic rings. The summed E-state index contributed by atoms with van der Waals surface area (Å²) < 4.78 is 70.4. The van der Waals surface area contributed by atoms with Gasteiger partial charge in [0, 0.05) is 17.3 Å². The lowest BCUT2D eigenvalue weighted by atomic mass is 10.2. The Bertz CT molecular complexity index is 800. The standard InChI is InChI=1S/C12H9F3I3NO6S/c13-12(14,15)26(22,23)19-1-2-24-9(20)5-25-11(21)7-3-6(16)4-8(17)10(7)18/h3-4,19H,1-2,5H2. The van der Waals surface area contributed by atoms with Crippen LogP contribution in [0, 0.1) is 10.7 Å². The summed E-state index contributed by atoms with van der Waals surface area (Å²) >= 11 is 6.00. The summed E-state index contributed by atoms with van der Waals surface area (Å²) in [6.07, 6.45) is 0. The first kappa shape index (κ1) is 24.1. The number of esters is 2. The zero-order valence-electron chi connectivity index (χ0n) is 12.4. The van der Waals surface area contributed by atoms with Crippen LogP contribution in [0.15, 0.2) is 12.1 Å². The molecule has 146 valence electrons. The zero-order chi connectivity index (χ0) is 20.1. The molecule has 1 rings (SSSR count). The van der Waals surface area contributed by atoms with Crippen LogP contribution in [0.25, 0.3) is 0 Å². The fraction of sp³-hybridized carbons (Fsp3) is 0.333. The molecule has 0 radical (unpaired) electrons. The van der Waals surface area contributed by atoms with Gasteiger partial charge in [-0.2, -0.15) is 13.2 Å². The van der Waals surface area contributed by atoms with E-state index in [0.717, 1.165) is 7.14 Å². The van der Waals surface area contributed by atoms with E-state index >= 15 is 0 Å². The second-order valence-corrected chi connectivity index (χ2v) is 9.63. The molecule has 0 saturated carbocycles. The van der Waals surface area contributed by atoms with Crippen molar-refractivity contribution in [2.75, 3.05) is 19.8 Å². The van der Waals surface area contributed by atoms with Crippen molar-refractivity contribution < 1.29 is 40.7 Å². The predicted molar refractivity (Wildman–Crippen MR) is 109 cm³/mol. The highest BCUT2D eigenvalue weighted by Gasteiger charge is 2.45. The van der Waals surface area contributed by atoms with Crippen molar-refractivity contribution >= 4 is 89.7 Å². The molecule has 0 aromatic heterocycles. The van der Waals surface area contributed by atoms with Gasteiger partial charge in [0.2, 0.25) is 0 Å². The molecule has 0 spiro atoms. The van der Waals surface area contributed by atoms with Gasteiger partial charge in [-0.25, -0.2) is 22.7 Å². The first-order chi connectivity index (χ1) is 11.8. The van der Waals surface area contributed by atoms with Crippen LogP contribution in [0.3, 0.4) is 0 Å². The van der Waals surface area contributed by atoms with Crippen LogP contribution in [0.5, 0.6) is 0 Å². The van der Waals surface area contributed by atoms with Crippen LogP contribution >= 0.6 is 67.8 Å². The number of sulfonamides is 1. The molecule has 0 amide bonds. The topological polar surface area (TPSA) is 98.8 Å². The van der Waals surface area contributed by atoms with E-state index in [1.165, 1.54) is 4.72 Å². The molecular weight excluding hydrogens is 724 g/mol. The minimum absolute atomic E-state index is 0.257. The van der Waals surface area contributed by atoms with Gasteiger partial charge in [0.05, 0.1) is 5.56 Å². The van der Waals surface area contributed by atoms with E-state index in [-0.39, 0.29) is 5.56 Å². The summed E-state index contributed by atoms with van der Waals surface area (Å²) in [5, 5.41) is 0. The number of rotatable bonds is 7. The molecule has 0 atom stereocenters. The zero-order valence-corrected chi connectivity index (χ0v) is 19.7. The Balaban J connectivity index is 2.45. The summed E-state index contributed by atoms with van der Waals surface area (Å²) in [5.74, 6) is -1.79. The van der Waals surface area contributed by atoms with Crippen LogP contribution in [0.4, 0.5) is 13.2 Å². The van der Waals surface area contributed by atoms with Crippen molar-refractivity contribution in [2.24, 2.45) is 0 Å². The first-order valence-corrected chi connectivity index (χ1v) is 11.1. The van der Waals surface area contributed by atoms with Gasteiger partial charge in [-0.05, 0) is 79.9 Å². The number of carbonyl (C=O) groups excluding carboxylic acids is 2. The second kappa shape index (κ2) is 10.0. The molecule has 0 bridgehead atoms. The van der Waals surface area contributed by atoms with Gasteiger partial charge in [0.15, 0.2) is 6.61 Å². The van der Waals surface area contributed by atoms with Crippen LogP contribution in [-0.2, 0) is 24.3 Å². The van der Waals surface area contributed by atoms with E-state index in [1.807, 2.05) is 73.8 Å². The third-order valence-corrected chi connectivity index (χ3v) is 7.36. The van der Waals surface area contributed by atoms with Crippen molar-refractivity contribution in [3.8, 4) is 0 Å². The highest BCUT2D eigenvalue weighted by Crippen LogP contribution is 2.23. The van der Waals surface area contributed by atoms with Crippen molar-refractivity contribution in [1.29, 1.82) is 0 Å². The average molecular weight is 733 g/mol. The maximum Gasteiger partial charge on any atom is 0.511 e. The smallest absolute Gasteiger partial charge is 0.462 e. The maximum absolute atomic E-state index is 12.1. The van der Waals surface area contributed by atoms with E-state index in [0.29, 0.717) is 3.57 Å². The van der Waals surface area contributed by atoms with Crippen molar-refractivity contribution in [2.45, 2.75) is 5.51 Å². The predicted octanol–water partition coefficient (Wildman–Crippen LogP) is 2.64. The van der Waals surface area contributed by atoms with Crippen molar-refractivity contribution in [3.63, 3.8) is 0 Å². The third-order valence-electron chi connectivity index (χ3n) is 2.50. The van der Waals surface area contributed by atoms with Crippen LogP contribution in [0.1, 0.15) is 10.4 Å². The minimum atomic E-state index is -5.50. The SMILES string of the molecule is O=C(COC(=O)c1cc(I)cc(I)c1I)OCCNS(=O)(=O)C(F)(F)F. The fourth-order valence-corrected chi connectivity index (χ4v) is 4.26. The van der Waals surface area contributed by atoms with Gasteiger partial charge < -0.3 is 9.47 Å². The monoisotopic (exact) mass is 733 g/mol. The summed E-state index contributed by atoms with van der Waals surface area (Å²) in [7, 11) is -5.50. The molecule has 1 aromatic carbocycles. The van der Waals surface area contributed by atoms with Crippen LogP contribution < -0.4 is 4.72 Å². The molecular formula is C12H9F3I3NO6S. The van der Waals surface area contributed by atoms with Crippen molar-refractivity contribution in [3.05, 3.63) is 28.4 Å². The molecule has 0 unspecified atom stereocenters. The Labute approximate surface area is 187 Å². The molecule has 7 nitrogen and oxygen atoms in total. The van der Waals surface area contributed by atoms with Crippen LogP contribution in [-0.4, -0.2) is 45.6 Å². The highest BCUT2D eigenvalue weighted by molar-refractivity contribution is 14.1. The number of alkyl halides is 3. The number of halogens is 6. The highest BCUT2D eigenvalue weighted by atomic mass is 127. The molecule has 1 N–H and O–H groups in total. The Morgan fingerprint density at radius 3 is 2.31 bits per heavy atom. The minimum Gasteiger partial charge on any atom is -0.462 e. The van der Waals surface area contributed by atoms with E-state index in [2.05, 4.69) is 4.74 Å². The Morgan fingerprint density at radius 1 is 1.12 bits per heavy atom. The molecule has 0 heterocycles. The van der Waals surface area contributed by atoms with Crippen molar-refractivity contribution in [1.82, 2.24) is 4.72 Å². The number of ether oxygens (including phenoxy) is 2. The van der Waals surface area contributed by atoms with E-state index in [1.54, 1.807) is 6.07 Å². The lowest BCUT2D eigenvalue weighted by molar-refractivity contribution is -0.147. The van der Waals surface area contributed by atoms with E-state index < -0.39 is 47.2 Å². The Hall–Kier alpha value is 0.0500. The molecule has 0 aliphatic carbocycles. The Morgan fingerprint density at radius 2 is 1.73 bits per heavy atom. The molecule has 0 aliphatic heterocycles. The summed E-state index contributed by atoms with van der Waals surface area (Å²) in [5.41, 5.74) is -5.19. The van der Waals surface area contributed by atoms with Gasteiger partial charge in [0.25, 0.3) is 0 Å². The summed E-state index contributed by atoms with van der Waals surface area (Å²) in [4.78, 5) is 23.4. The maximum atomic E-state index is 12.1. The van der Waals surface area contributed by atoms with Gasteiger partial charge in [-0.15, -0.1) is 0 Å². The third kappa shape index (κ3) is 7.23. The first-order valence-electron chi connectivity index (χ1n) is 6.38. The second-order valence-electron chi connectivity index (χ2n) is 4.39. The average Bonchev–Trinajstić information content (AvgIpc) is 2.51. The summed E-state index contributed by atoms with van der Waals surface area (Å²) in [6, 6.07) is 3.42. The number of hydrogen-bond donors (Lipinski definition) is 1. The van der Waals surface area contributed by atoms with Crippen LogP contribution in [0.2, 0.25) is 0 Å². The number of hydrogen-bond acceptors (Lipinski definition) is 6. The van der Waals surface area contributed by atoms with Gasteiger partial charge in [-0.1, -0.05) is 0 Å². The molecule has 26 heavy (non-hydrogen) atoms. The fourth-order valence-electron chi connectivity index (χ4n) is 1.37. The normalized spacial score (nSPS) is 11.9. The molecule has 14 heteroatoms. The van der Waals surface area contributed by atoms with E-state index in [9.17, 15) is 31.2 Å². The lowest BCUT2D eigenvalue weighted by Crippen LogP contribution is -2.38. The van der Waals surface area contributed by atoms with E-state index in [4.69, 9.17) is 4.74 Å². The molecule has 0 saturated heterocycles. The largest absolute Gasteiger partial charge is 0.511 e. The quantitative estimate of drug-likeness (QED) is 0.201. The number of benzene rings is 1. The lowest BCUT2D eigenvalue weighted by Gasteiger charge is -2.10. The van der Waals surface area contributed by atoms with Gasteiger partial charge >= 0.3 is 27.5 Å². The number of nitrogens with one attached hydrogen (secondary N) is 1. The van der Waals surface area contributed by atoms with Gasteiger partial charge in [0.1, 0.15) is 6.61 Å². The number of carbonyl (C=O) groups is 2. The Kier molecular flexibility index (Phi) is 9.27. The molecule has 0 fully saturated rings.